The standard InChI is InChI=1S/C68H42N12/c1-9-25-69-51(17-1)65-73-61(55-21-5-13-29-77(55)65)43-33-41-34-44(62-56-22-6-14-30-78(56)66(74-62)52-18-2-10-26-70-52)39-49-50-40-46(64-58-24-8-16-32-80(58)68(76-64)54-20-4-12-28-72-54)36-42-35-45(38-48(60(42)50)47(37-43)59(41)49)63-57-23-7-15-31-79(57)67(75-63)53-19-3-11-27-71-53/h1-40,47,59H. The molecule has 0 fully saturated rings. The second-order valence-corrected chi connectivity index (χ2v) is 20.5. The molecule has 2 atom stereocenters. The Labute approximate surface area is 457 Å². The van der Waals surface area contributed by atoms with Crippen LogP contribution in [0.15, 0.2) is 249 Å². The van der Waals surface area contributed by atoms with Gasteiger partial charge in [-0.3, -0.25) is 37.5 Å². The molecule has 80 heavy (non-hydrogen) atoms. The SMILES string of the molecule is C1=C(c2nc(-c3ccccn3)n3ccccc23)C=C2c3cc(-c4nc(-c5ccccn5)n5ccccc45)cc4cc(-c5nc(-c6ccccn6)n6ccccc56)cc(c34)C3C=C(c4nc(-c5ccccn5)n5ccccc45)C=C1C23. The molecule has 0 spiro atoms. The number of allylic oxidation sites excluding steroid dienone is 8. The molecule has 0 radical (unpaired) electrons. The van der Waals surface area contributed by atoms with Crippen molar-refractivity contribution >= 4 is 49.6 Å². The zero-order valence-electron chi connectivity index (χ0n) is 42.6. The number of rotatable bonds is 8. The number of nitrogens with zero attached hydrogens (tertiary/aromatic N) is 12. The minimum Gasteiger partial charge on any atom is -0.298 e. The predicted molar refractivity (Wildman–Crippen MR) is 314 cm³/mol. The third-order valence-corrected chi connectivity index (χ3v) is 16.0. The van der Waals surface area contributed by atoms with Crippen molar-refractivity contribution in [1.29, 1.82) is 0 Å². The average molecular weight is 1030 g/mol. The summed E-state index contributed by atoms with van der Waals surface area (Å²) in [5.74, 6) is 2.91. The molecule has 12 nitrogen and oxygen atoms in total. The van der Waals surface area contributed by atoms with Crippen LogP contribution in [0.3, 0.4) is 0 Å². The summed E-state index contributed by atoms with van der Waals surface area (Å²) >= 11 is 0. The minimum absolute atomic E-state index is 0.0809. The number of fused-ring (bicyclic) bond motifs is 6. The van der Waals surface area contributed by atoms with Crippen LogP contribution in [0.25, 0.3) is 118 Å². The zero-order chi connectivity index (χ0) is 52.4. The fourth-order valence-electron chi connectivity index (χ4n) is 12.6. The van der Waals surface area contributed by atoms with Gasteiger partial charge in [0.15, 0.2) is 23.3 Å². The summed E-state index contributed by atoms with van der Waals surface area (Å²) in [6.45, 7) is 0. The molecule has 2 unspecified atom stereocenters. The van der Waals surface area contributed by atoms with Gasteiger partial charge in [-0.15, -0.1) is 0 Å². The molecular weight excluding hydrogens is 985 g/mol. The van der Waals surface area contributed by atoms with Gasteiger partial charge in [-0.1, -0.05) is 54.6 Å². The monoisotopic (exact) mass is 1030 g/mol. The molecule has 14 aromatic rings. The number of hydrogen-bond acceptors (Lipinski definition) is 8. The first kappa shape index (κ1) is 44.2. The van der Waals surface area contributed by atoms with Crippen molar-refractivity contribution in [2.24, 2.45) is 5.92 Å². The van der Waals surface area contributed by atoms with Gasteiger partial charge in [0.25, 0.3) is 0 Å². The summed E-state index contributed by atoms with van der Waals surface area (Å²) < 4.78 is 8.62. The number of aromatic nitrogens is 12. The Morgan fingerprint density at radius 2 is 0.775 bits per heavy atom. The Morgan fingerprint density at radius 3 is 1.23 bits per heavy atom. The molecule has 12 aromatic heterocycles. The second kappa shape index (κ2) is 17.3. The molecule has 17 rings (SSSR count). The van der Waals surface area contributed by atoms with E-state index in [4.69, 9.17) is 39.9 Å². The van der Waals surface area contributed by atoms with Crippen LogP contribution in [-0.4, -0.2) is 57.5 Å². The first-order valence-corrected chi connectivity index (χ1v) is 26.7. The van der Waals surface area contributed by atoms with E-state index in [1.807, 2.05) is 116 Å². The van der Waals surface area contributed by atoms with Crippen LogP contribution in [0.4, 0.5) is 0 Å². The first-order chi connectivity index (χ1) is 39.7. The zero-order valence-corrected chi connectivity index (χ0v) is 42.6. The first-order valence-electron chi connectivity index (χ1n) is 26.7. The summed E-state index contributed by atoms with van der Waals surface area (Å²) in [6.07, 6.45) is 25.2. The Bertz CT molecular complexity index is 5000. The van der Waals surface area contributed by atoms with Gasteiger partial charge < -0.3 is 0 Å². The van der Waals surface area contributed by atoms with Crippen molar-refractivity contribution in [2.75, 3.05) is 0 Å². The van der Waals surface area contributed by atoms with Gasteiger partial charge in [0.2, 0.25) is 0 Å². The molecule has 374 valence electrons. The molecule has 12 heteroatoms. The van der Waals surface area contributed by atoms with Crippen LogP contribution in [0.1, 0.15) is 28.4 Å². The van der Waals surface area contributed by atoms with Crippen molar-refractivity contribution in [3.05, 3.63) is 272 Å². The van der Waals surface area contributed by atoms with E-state index >= 15 is 0 Å². The second-order valence-electron chi connectivity index (χ2n) is 20.5. The fraction of sp³-hybridized carbons (Fsp3) is 0.0294. The third-order valence-electron chi connectivity index (χ3n) is 16.0. The number of imidazole rings is 4. The molecular formula is C68H42N12. The van der Waals surface area contributed by atoms with E-state index in [1.54, 1.807) is 0 Å². The maximum Gasteiger partial charge on any atom is 0.163 e. The van der Waals surface area contributed by atoms with E-state index in [9.17, 15) is 0 Å². The molecule has 12 heterocycles. The van der Waals surface area contributed by atoms with Crippen molar-refractivity contribution < 1.29 is 0 Å². The molecule has 0 N–H and O–H groups in total. The summed E-state index contributed by atoms with van der Waals surface area (Å²) in [4.78, 5) is 41.1. The molecule has 3 aliphatic carbocycles. The van der Waals surface area contributed by atoms with Gasteiger partial charge in [0, 0.05) is 78.1 Å². The lowest BCUT2D eigenvalue weighted by atomic mass is 9.63. The van der Waals surface area contributed by atoms with Crippen LogP contribution in [0.2, 0.25) is 0 Å². The average Bonchev–Trinajstić information content (AvgIpc) is 4.43. The van der Waals surface area contributed by atoms with Crippen molar-refractivity contribution in [1.82, 2.24) is 57.5 Å². The molecule has 0 amide bonds. The predicted octanol–water partition coefficient (Wildman–Crippen LogP) is 14.2. The molecule has 0 bridgehead atoms. The van der Waals surface area contributed by atoms with Gasteiger partial charge in [0.05, 0.1) is 44.8 Å². The number of pyridine rings is 8. The minimum atomic E-state index is -0.121. The van der Waals surface area contributed by atoms with Crippen LogP contribution in [0.5, 0.6) is 0 Å². The van der Waals surface area contributed by atoms with E-state index in [0.29, 0.717) is 0 Å². The van der Waals surface area contributed by atoms with Gasteiger partial charge in [-0.2, -0.15) is 0 Å². The third kappa shape index (κ3) is 6.69. The van der Waals surface area contributed by atoms with Gasteiger partial charge in [-0.25, -0.2) is 19.9 Å². The van der Waals surface area contributed by atoms with E-state index in [-0.39, 0.29) is 11.8 Å². The Balaban J connectivity index is 0.969. The van der Waals surface area contributed by atoms with E-state index in [2.05, 4.69) is 146 Å². The number of benzene rings is 2. The van der Waals surface area contributed by atoms with Crippen LogP contribution < -0.4 is 0 Å². The summed E-state index contributed by atoms with van der Waals surface area (Å²) in [5.41, 5.74) is 19.4. The summed E-state index contributed by atoms with van der Waals surface area (Å²) in [5, 5.41) is 2.26. The quantitative estimate of drug-likeness (QED) is 0.148. The number of hydrogen-bond donors (Lipinski definition) is 0. The van der Waals surface area contributed by atoms with Gasteiger partial charge in [-0.05, 0) is 178 Å². The van der Waals surface area contributed by atoms with Gasteiger partial charge in [0.1, 0.15) is 22.8 Å². The highest BCUT2D eigenvalue weighted by atomic mass is 15.1. The lowest BCUT2D eigenvalue weighted by molar-refractivity contribution is 0.687. The lowest BCUT2D eigenvalue weighted by Crippen LogP contribution is -2.25. The van der Waals surface area contributed by atoms with E-state index in [1.165, 1.54) is 16.5 Å². The van der Waals surface area contributed by atoms with Crippen LogP contribution >= 0.6 is 0 Å². The van der Waals surface area contributed by atoms with Crippen molar-refractivity contribution in [2.45, 2.75) is 5.92 Å². The fourth-order valence-corrected chi connectivity index (χ4v) is 12.6. The Hall–Kier alpha value is -11.0. The molecule has 2 aromatic carbocycles. The summed E-state index contributed by atoms with van der Waals surface area (Å²) in [7, 11) is 0. The Kier molecular flexibility index (Phi) is 9.54. The van der Waals surface area contributed by atoms with Crippen molar-refractivity contribution in [3.8, 4) is 68.6 Å². The lowest BCUT2D eigenvalue weighted by Gasteiger charge is -2.40. The highest BCUT2D eigenvalue weighted by molar-refractivity contribution is 6.09. The molecule has 0 saturated carbocycles. The normalized spacial score (nSPS) is 15.6. The highest BCUT2D eigenvalue weighted by Gasteiger charge is 2.41. The molecule has 0 aliphatic heterocycles. The van der Waals surface area contributed by atoms with E-state index in [0.717, 1.165) is 130 Å². The highest BCUT2D eigenvalue weighted by Crippen LogP contribution is 2.57. The maximum absolute atomic E-state index is 5.50. The maximum atomic E-state index is 5.50. The Morgan fingerprint density at radius 1 is 0.362 bits per heavy atom. The largest absolute Gasteiger partial charge is 0.298 e. The molecule has 0 saturated heterocycles. The van der Waals surface area contributed by atoms with Crippen LogP contribution in [0, 0.1) is 5.92 Å². The molecule has 3 aliphatic rings. The summed E-state index contributed by atoms with van der Waals surface area (Å²) in [6, 6.07) is 58.5. The van der Waals surface area contributed by atoms with Gasteiger partial charge >= 0.3 is 0 Å². The van der Waals surface area contributed by atoms with Crippen LogP contribution in [-0.2, 0) is 0 Å². The van der Waals surface area contributed by atoms with E-state index < -0.39 is 0 Å². The van der Waals surface area contributed by atoms with Crippen molar-refractivity contribution in [3.63, 3.8) is 0 Å². The topological polar surface area (TPSA) is 121 Å². The smallest absolute Gasteiger partial charge is 0.163 e.